The molecule has 0 aliphatic carbocycles. The van der Waals surface area contributed by atoms with Crippen LogP contribution in [0.25, 0.3) is 0 Å². The van der Waals surface area contributed by atoms with E-state index >= 15 is 0 Å². The first-order valence-electron chi connectivity index (χ1n) is 8.02. The first-order valence-corrected chi connectivity index (χ1v) is 9.50. The van der Waals surface area contributed by atoms with Gasteiger partial charge in [-0.15, -0.1) is 0 Å². The number of ether oxygens (including phenoxy) is 3. The van der Waals surface area contributed by atoms with Crippen molar-refractivity contribution in [1.29, 1.82) is 0 Å². The van der Waals surface area contributed by atoms with Gasteiger partial charge in [-0.05, 0) is 50.2 Å². The molecule has 2 aromatic carbocycles. The highest BCUT2D eigenvalue weighted by molar-refractivity contribution is 7.92. The van der Waals surface area contributed by atoms with E-state index in [2.05, 4.69) is 9.46 Å². The average molecular weight is 379 g/mol. The van der Waals surface area contributed by atoms with Crippen LogP contribution in [0.2, 0.25) is 0 Å². The molecular weight excluding hydrogens is 358 g/mol. The Hall–Kier alpha value is -2.74. The highest BCUT2D eigenvalue weighted by Crippen LogP contribution is 2.31. The van der Waals surface area contributed by atoms with E-state index < -0.39 is 16.0 Å². The van der Waals surface area contributed by atoms with Gasteiger partial charge in [0.05, 0.1) is 36.5 Å². The lowest BCUT2D eigenvalue weighted by molar-refractivity contribution is 0.0600. The molecule has 0 saturated carbocycles. The Morgan fingerprint density at radius 2 is 1.65 bits per heavy atom. The Kier molecular flexibility index (Phi) is 6.46. The summed E-state index contributed by atoms with van der Waals surface area (Å²) in [5, 5.41) is 0. The van der Waals surface area contributed by atoms with Gasteiger partial charge in [0, 0.05) is 6.07 Å². The van der Waals surface area contributed by atoms with Crippen LogP contribution in [0.3, 0.4) is 0 Å². The molecule has 0 fully saturated rings. The largest absolute Gasteiger partial charge is 0.494 e. The fourth-order valence-electron chi connectivity index (χ4n) is 2.22. The SMILES string of the molecule is CCOc1ccc(OCC)c(NS(=O)(=O)c2ccc(C(=O)OC)cc2)c1. The molecule has 1 N–H and O–H groups in total. The number of hydrogen-bond donors (Lipinski definition) is 1. The van der Waals surface area contributed by atoms with Crippen molar-refractivity contribution in [2.45, 2.75) is 18.7 Å². The van der Waals surface area contributed by atoms with Crippen molar-refractivity contribution >= 4 is 21.7 Å². The summed E-state index contributed by atoms with van der Waals surface area (Å²) in [6, 6.07) is 10.4. The lowest BCUT2D eigenvalue weighted by Crippen LogP contribution is -2.14. The van der Waals surface area contributed by atoms with Gasteiger partial charge in [0.1, 0.15) is 11.5 Å². The molecule has 0 bridgehead atoms. The second-order valence-electron chi connectivity index (χ2n) is 5.15. The molecule has 0 spiro atoms. The molecule has 0 heterocycles. The minimum absolute atomic E-state index is 0.00872. The minimum atomic E-state index is -3.87. The predicted molar refractivity (Wildman–Crippen MR) is 97.4 cm³/mol. The minimum Gasteiger partial charge on any atom is -0.494 e. The average Bonchev–Trinajstić information content (AvgIpc) is 2.63. The summed E-state index contributed by atoms with van der Waals surface area (Å²) >= 11 is 0. The molecule has 0 radical (unpaired) electrons. The topological polar surface area (TPSA) is 90.9 Å². The molecule has 7 nitrogen and oxygen atoms in total. The van der Waals surface area contributed by atoms with E-state index in [1.54, 1.807) is 25.1 Å². The van der Waals surface area contributed by atoms with E-state index in [-0.39, 0.29) is 16.1 Å². The molecule has 26 heavy (non-hydrogen) atoms. The van der Waals surface area contributed by atoms with Crippen molar-refractivity contribution in [3.8, 4) is 11.5 Å². The Bertz CT molecular complexity index is 862. The van der Waals surface area contributed by atoms with E-state index in [0.29, 0.717) is 24.7 Å². The van der Waals surface area contributed by atoms with Gasteiger partial charge in [0.15, 0.2) is 0 Å². The van der Waals surface area contributed by atoms with Crippen LogP contribution in [0.1, 0.15) is 24.2 Å². The van der Waals surface area contributed by atoms with Crippen molar-refractivity contribution in [2.75, 3.05) is 25.0 Å². The van der Waals surface area contributed by atoms with Crippen molar-refractivity contribution in [3.63, 3.8) is 0 Å². The summed E-state index contributed by atoms with van der Waals surface area (Å²) in [5.41, 5.74) is 0.537. The smallest absolute Gasteiger partial charge is 0.337 e. The van der Waals surface area contributed by atoms with Gasteiger partial charge in [0.2, 0.25) is 0 Å². The second-order valence-corrected chi connectivity index (χ2v) is 6.83. The molecule has 0 amide bonds. The van der Waals surface area contributed by atoms with Crippen LogP contribution < -0.4 is 14.2 Å². The van der Waals surface area contributed by atoms with Crippen LogP contribution in [0.4, 0.5) is 5.69 Å². The number of carbonyl (C=O) groups is 1. The normalized spacial score (nSPS) is 10.9. The van der Waals surface area contributed by atoms with Crippen LogP contribution in [0.5, 0.6) is 11.5 Å². The fraction of sp³-hybridized carbons (Fsp3) is 0.278. The molecular formula is C18H21NO6S. The number of anilines is 1. The van der Waals surface area contributed by atoms with Crippen molar-refractivity contribution in [2.24, 2.45) is 0 Å². The van der Waals surface area contributed by atoms with Crippen LogP contribution in [-0.4, -0.2) is 34.7 Å². The monoisotopic (exact) mass is 379 g/mol. The molecule has 0 aliphatic rings. The number of methoxy groups -OCH3 is 1. The summed E-state index contributed by atoms with van der Waals surface area (Å²) < 4.78 is 43.3. The number of esters is 1. The standard InChI is InChI=1S/C18H21NO6S/c1-4-24-14-8-11-17(25-5-2)16(12-14)19-26(21,22)15-9-6-13(7-10-15)18(20)23-3/h6-12,19H,4-5H2,1-3H3. The molecule has 0 aromatic heterocycles. The third-order valence-corrected chi connectivity index (χ3v) is 4.77. The number of nitrogens with one attached hydrogen (secondary N) is 1. The Labute approximate surface area is 152 Å². The first kappa shape index (κ1) is 19.6. The maximum Gasteiger partial charge on any atom is 0.337 e. The van der Waals surface area contributed by atoms with Gasteiger partial charge in [-0.25, -0.2) is 13.2 Å². The van der Waals surface area contributed by atoms with Crippen LogP contribution in [0.15, 0.2) is 47.4 Å². The van der Waals surface area contributed by atoms with Gasteiger partial charge in [-0.2, -0.15) is 0 Å². The van der Waals surface area contributed by atoms with Crippen molar-refractivity contribution in [3.05, 3.63) is 48.0 Å². The first-order chi connectivity index (χ1) is 12.4. The highest BCUT2D eigenvalue weighted by atomic mass is 32.2. The molecule has 2 rings (SSSR count). The zero-order chi connectivity index (χ0) is 19.2. The highest BCUT2D eigenvalue weighted by Gasteiger charge is 2.18. The predicted octanol–water partition coefficient (Wildman–Crippen LogP) is 3.07. The Balaban J connectivity index is 2.33. The second kappa shape index (κ2) is 8.57. The summed E-state index contributed by atoms with van der Waals surface area (Å²) in [6.45, 7) is 4.48. The number of hydrogen-bond acceptors (Lipinski definition) is 6. The lowest BCUT2D eigenvalue weighted by atomic mass is 10.2. The summed E-state index contributed by atoms with van der Waals surface area (Å²) in [7, 11) is -2.61. The maximum atomic E-state index is 12.7. The fourth-order valence-corrected chi connectivity index (χ4v) is 3.28. The Morgan fingerprint density at radius 1 is 1.00 bits per heavy atom. The third-order valence-electron chi connectivity index (χ3n) is 3.39. The molecule has 140 valence electrons. The van der Waals surface area contributed by atoms with E-state index in [0.717, 1.165) is 0 Å². The number of benzene rings is 2. The quantitative estimate of drug-likeness (QED) is 0.709. The Morgan fingerprint density at radius 3 is 2.23 bits per heavy atom. The van der Waals surface area contributed by atoms with Crippen molar-refractivity contribution in [1.82, 2.24) is 0 Å². The van der Waals surface area contributed by atoms with E-state index in [1.807, 2.05) is 6.92 Å². The van der Waals surface area contributed by atoms with Crippen LogP contribution in [0, 0.1) is 0 Å². The lowest BCUT2D eigenvalue weighted by Gasteiger charge is -2.14. The molecule has 2 aromatic rings. The maximum absolute atomic E-state index is 12.7. The van der Waals surface area contributed by atoms with Gasteiger partial charge < -0.3 is 14.2 Å². The third kappa shape index (κ3) is 4.66. The van der Waals surface area contributed by atoms with Gasteiger partial charge in [0.25, 0.3) is 10.0 Å². The summed E-state index contributed by atoms with van der Waals surface area (Å²) in [4.78, 5) is 11.5. The van der Waals surface area contributed by atoms with E-state index in [9.17, 15) is 13.2 Å². The number of rotatable bonds is 8. The van der Waals surface area contributed by atoms with Crippen LogP contribution >= 0.6 is 0 Å². The van der Waals surface area contributed by atoms with Crippen molar-refractivity contribution < 1.29 is 27.4 Å². The van der Waals surface area contributed by atoms with Gasteiger partial charge >= 0.3 is 5.97 Å². The van der Waals surface area contributed by atoms with Crippen LogP contribution in [-0.2, 0) is 14.8 Å². The van der Waals surface area contributed by atoms with E-state index in [4.69, 9.17) is 9.47 Å². The number of sulfonamides is 1. The van der Waals surface area contributed by atoms with Gasteiger partial charge in [-0.3, -0.25) is 4.72 Å². The summed E-state index contributed by atoms with van der Waals surface area (Å²) in [6.07, 6.45) is 0. The molecule has 0 aliphatic heterocycles. The molecule has 0 unspecified atom stereocenters. The van der Waals surface area contributed by atoms with Gasteiger partial charge in [-0.1, -0.05) is 0 Å². The molecule has 8 heteroatoms. The molecule has 0 atom stereocenters. The zero-order valence-electron chi connectivity index (χ0n) is 14.8. The summed E-state index contributed by atoms with van der Waals surface area (Å²) in [5.74, 6) is 0.380. The number of carbonyl (C=O) groups excluding carboxylic acids is 1. The zero-order valence-corrected chi connectivity index (χ0v) is 15.6. The van der Waals surface area contributed by atoms with E-state index in [1.165, 1.54) is 31.4 Å². The molecule has 0 saturated heterocycles.